The van der Waals surface area contributed by atoms with E-state index in [2.05, 4.69) is 9.47 Å². The smallest absolute Gasteiger partial charge is 0.496 e. The third kappa shape index (κ3) is 4.15. The number of carbonyl (C=O) groups is 1. The van der Waals surface area contributed by atoms with Crippen molar-refractivity contribution in [2.24, 2.45) is 0 Å². The lowest BCUT2D eigenvalue weighted by Crippen LogP contribution is -2.17. The number of alkyl halides is 3. The lowest BCUT2D eigenvalue weighted by molar-refractivity contribution is -0.274. The van der Waals surface area contributed by atoms with Crippen LogP contribution in [0.1, 0.15) is 5.56 Å². The minimum atomic E-state index is -4.78. The van der Waals surface area contributed by atoms with Crippen molar-refractivity contribution in [1.29, 1.82) is 0 Å². The molecule has 0 bridgehead atoms. The molecule has 0 aliphatic heterocycles. The molecule has 0 unspecified atom stereocenters. The van der Waals surface area contributed by atoms with Crippen LogP contribution in [0, 0.1) is 0 Å². The number of ether oxygens (including phenoxy) is 3. The molecule has 7 heteroatoms. The third-order valence-electron chi connectivity index (χ3n) is 2.05. The molecule has 4 nitrogen and oxygen atoms in total. The molecule has 0 spiro atoms. The van der Waals surface area contributed by atoms with Crippen molar-refractivity contribution < 1.29 is 32.2 Å². The van der Waals surface area contributed by atoms with E-state index in [1.54, 1.807) is 0 Å². The molecule has 18 heavy (non-hydrogen) atoms. The van der Waals surface area contributed by atoms with Gasteiger partial charge in [-0.1, -0.05) is 0 Å². The van der Waals surface area contributed by atoms with Crippen LogP contribution in [0.15, 0.2) is 18.2 Å². The number of hydrogen-bond acceptors (Lipinski definition) is 4. The summed E-state index contributed by atoms with van der Waals surface area (Å²) in [7, 11) is 2.53. The Morgan fingerprint density at radius 1 is 1.28 bits per heavy atom. The summed E-state index contributed by atoms with van der Waals surface area (Å²) in [5.74, 6) is -0.713. The van der Waals surface area contributed by atoms with E-state index in [-0.39, 0.29) is 17.7 Å². The maximum atomic E-state index is 12.0. The summed E-state index contributed by atoms with van der Waals surface area (Å²) in [6.45, 7) is 0. The maximum absolute atomic E-state index is 12.0. The predicted molar refractivity (Wildman–Crippen MR) is 55.4 cm³/mol. The number of halogens is 3. The fraction of sp³-hybridized carbons (Fsp3) is 0.364. The van der Waals surface area contributed by atoms with Crippen LogP contribution in [0.5, 0.6) is 11.5 Å². The van der Waals surface area contributed by atoms with Crippen LogP contribution in [0.3, 0.4) is 0 Å². The summed E-state index contributed by atoms with van der Waals surface area (Å²) in [6, 6.07) is 3.48. The van der Waals surface area contributed by atoms with Crippen molar-refractivity contribution in [2.75, 3.05) is 14.2 Å². The molecule has 0 aromatic heterocycles. The summed E-state index contributed by atoms with van der Waals surface area (Å²) in [5, 5.41) is 0. The highest BCUT2D eigenvalue weighted by molar-refractivity contribution is 5.73. The predicted octanol–water partition coefficient (Wildman–Crippen LogP) is 2.31. The second kappa shape index (κ2) is 5.61. The van der Waals surface area contributed by atoms with Crippen LogP contribution >= 0.6 is 0 Å². The Bertz CT molecular complexity index is 429. The van der Waals surface area contributed by atoms with Crippen LogP contribution in [0.4, 0.5) is 13.2 Å². The van der Waals surface area contributed by atoms with Crippen LogP contribution < -0.4 is 9.47 Å². The van der Waals surface area contributed by atoms with E-state index in [9.17, 15) is 18.0 Å². The Morgan fingerprint density at radius 2 is 1.94 bits per heavy atom. The zero-order chi connectivity index (χ0) is 13.8. The highest BCUT2D eigenvalue weighted by atomic mass is 19.4. The average molecular weight is 264 g/mol. The first-order chi connectivity index (χ1) is 8.35. The van der Waals surface area contributed by atoms with Gasteiger partial charge in [-0.2, -0.15) is 0 Å². The Labute approximate surface area is 101 Å². The van der Waals surface area contributed by atoms with Gasteiger partial charge in [-0.05, 0) is 18.2 Å². The monoisotopic (exact) mass is 264 g/mol. The SMILES string of the molecule is COC(=O)Cc1cc(OC(F)(F)F)ccc1OC. The number of carbonyl (C=O) groups excluding carboxylic acids is 1. The van der Waals surface area contributed by atoms with E-state index >= 15 is 0 Å². The molecule has 0 N–H and O–H groups in total. The minimum absolute atomic E-state index is 0.200. The van der Waals surface area contributed by atoms with Crippen molar-refractivity contribution in [2.45, 2.75) is 12.8 Å². The first-order valence-electron chi connectivity index (χ1n) is 4.85. The molecule has 0 aliphatic carbocycles. The summed E-state index contributed by atoms with van der Waals surface area (Å²) in [6.07, 6.45) is -4.98. The zero-order valence-corrected chi connectivity index (χ0v) is 9.71. The van der Waals surface area contributed by atoms with Gasteiger partial charge >= 0.3 is 12.3 Å². The highest BCUT2D eigenvalue weighted by Crippen LogP contribution is 2.28. The van der Waals surface area contributed by atoms with Crippen molar-refractivity contribution in [3.05, 3.63) is 23.8 Å². The van der Waals surface area contributed by atoms with Crippen molar-refractivity contribution in [3.63, 3.8) is 0 Å². The molecule has 0 fully saturated rings. The number of esters is 1. The van der Waals surface area contributed by atoms with Crippen molar-refractivity contribution >= 4 is 5.97 Å². The molecule has 0 saturated carbocycles. The van der Waals surface area contributed by atoms with Gasteiger partial charge in [0.25, 0.3) is 0 Å². The molecule has 1 aromatic carbocycles. The van der Waals surface area contributed by atoms with Crippen LogP contribution in [-0.4, -0.2) is 26.6 Å². The molecule has 0 saturated heterocycles. The maximum Gasteiger partial charge on any atom is 0.573 e. The van der Waals surface area contributed by atoms with Crippen LogP contribution in [0.2, 0.25) is 0 Å². The number of benzene rings is 1. The van der Waals surface area contributed by atoms with E-state index in [1.807, 2.05) is 0 Å². The third-order valence-corrected chi connectivity index (χ3v) is 2.05. The lowest BCUT2D eigenvalue weighted by Gasteiger charge is -2.12. The standard InChI is InChI=1S/C11H11F3O4/c1-16-9-4-3-8(18-11(12,13)14)5-7(9)6-10(15)17-2/h3-5H,6H2,1-2H3. The molecular weight excluding hydrogens is 253 g/mol. The van der Waals surface area contributed by atoms with Gasteiger partial charge in [0, 0.05) is 5.56 Å². The largest absolute Gasteiger partial charge is 0.573 e. The Kier molecular flexibility index (Phi) is 4.41. The van der Waals surface area contributed by atoms with E-state index in [0.29, 0.717) is 0 Å². The van der Waals surface area contributed by atoms with Gasteiger partial charge in [0.05, 0.1) is 20.6 Å². The molecule has 0 radical (unpaired) electrons. The fourth-order valence-corrected chi connectivity index (χ4v) is 1.32. The first kappa shape index (κ1) is 14.1. The normalized spacial score (nSPS) is 10.9. The van der Waals surface area contributed by atoms with Crippen molar-refractivity contribution in [1.82, 2.24) is 0 Å². The topological polar surface area (TPSA) is 44.8 Å². The summed E-state index contributed by atoms with van der Waals surface area (Å²) in [5.41, 5.74) is 0.256. The van der Waals surface area contributed by atoms with Crippen LogP contribution in [0.25, 0.3) is 0 Å². The second-order valence-corrected chi connectivity index (χ2v) is 3.27. The molecule has 0 atom stereocenters. The fourth-order valence-electron chi connectivity index (χ4n) is 1.32. The zero-order valence-electron chi connectivity index (χ0n) is 9.71. The first-order valence-corrected chi connectivity index (χ1v) is 4.85. The Morgan fingerprint density at radius 3 is 2.44 bits per heavy atom. The molecule has 1 rings (SSSR count). The molecule has 0 aliphatic rings. The minimum Gasteiger partial charge on any atom is -0.496 e. The number of rotatable bonds is 4. The van der Waals surface area contributed by atoms with Gasteiger partial charge in [0.15, 0.2) is 0 Å². The molecule has 0 heterocycles. The summed E-state index contributed by atoms with van der Waals surface area (Å²) >= 11 is 0. The Balaban J connectivity index is 2.98. The highest BCUT2D eigenvalue weighted by Gasteiger charge is 2.31. The second-order valence-electron chi connectivity index (χ2n) is 3.27. The average Bonchev–Trinajstić information content (AvgIpc) is 2.27. The van der Waals surface area contributed by atoms with E-state index in [1.165, 1.54) is 20.3 Å². The summed E-state index contributed by atoms with van der Waals surface area (Å²) in [4.78, 5) is 11.1. The van der Waals surface area contributed by atoms with Gasteiger partial charge in [0.1, 0.15) is 11.5 Å². The Hall–Kier alpha value is -1.92. The number of hydrogen-bond donors (Lipinski definition) is 0. The molecular formula is C11H11F3O4. The van der Waals surface area contributed by atoms with Crippen molar-refractivity contribution in [3.8, 4) is 11.5 Å². The molecule has 1 aromatic rings. The van der Waals surface area contributed by atoms with E-state index in [0.717, 1.165) is 12.1 Å². The van der Waals surface area contributed by atoms with Gasteiger partial charge in [-0.3, -0.25) is 4.79 Å². The van der Waals surface area contributed by atoms with Gasteiger partial charge in [-0.15, -0.1) is 13.2 Å². The van der Waals surface area contributed by atoms with E-state index in [4.69, 9.17) is 4.74 Å². The lowest BCUT2D eigenvalue weighted by atomic mass is 10.1. The van der Waals surface area contributed by atoms with Gasteiger partial charge in [-0.25, -0.2) is 0 Å². The number of methoxy groups -OCH3 is 2. The van der Waals surface area contributed by atoms with Gasteiger partial charge < -0.3 is 14.2 Å². The molecule has 100 valence electrons. The molecule has 0 amide bonds. The summed E-state index contributed by atoms with van der Waals surface area (Å²) < 4.78 is 49.2. The van der Waals surface area contributed by atoms with Crippen LogP contribution in [-0.2, 0) is 16.0 Å². The van der Waals surface area contributed by atoms with E-state index < -0.39 is 18.1 Å². The van der Waals surface area contributed by atoms with Gasteiger partial charge in [0.2, 0.25) is 0 Å². The quantitative estimate of drug-likeness (QED) is 0.783.